The molecule has 1 amide bonds. The van der Waals surface area contributed by atoms with Gasteiger partial charge in [0.1, 0.15) is 0 Å². The van der Waals surface area contributed by atoms with E-state index < -0.39 is 6.09 Å². The third-order valence-electron chi connectivity index (χ3n) is 4.18. The summed E-state index contributed by atoms with van der Waals surface area (Å²) in [4.78, 5) is 26.8. The quantitative estimate of drug-likeness (QED) is 0.381. The second-order valence-electron chi connectivity index (χ2n) is 6.31. The number of hydrogen-bond acceptors (Lipinski definition) is 9. The number of carboxylic acid groups (broad SMARTS) is 1. The molecule has 0 spiro atoms. The molecule has 0 unspecified atom stereocenters. The van der Waals surface area contributed by atoms with Crippen molar-refractivity contribution in [3.63, 3.8) is 0 Å². The van der Waals surface area contributed by atoms with Crippen molar-refractivity contribution in [2.24, 2.45) is 0 Å². The van der Waals surface area contributed by atoms with Crippen LogP contribution in [0, 0.1) is 0 Å². The lowest BCUT2D eigenvalue weighted by Crippen LogP contribution is -2.32. The number of ether oxygens (including phenoxy) is 2. The first kappa shape index (κ1) is 22.4. The maximum absolute atomic E-state index is 11.4. The van der Waals surface area contributed by atoms with Gasteiger partial charge in [0.2, 0.25) is 5.95 Å². The number of thiazole rings is 1. The minimum Gasteiger partial charge on any atom is -0.465 e. The van der Waals surface area contributed by atoms with E-state index in [2.05, 4.69) is 25.6 Å². The van der Waals surface area contributed by atoms with Crippen LogP contribution in [0.15, 0.2) is 42.7 Å². The van der Waals surface area contributed by atoms with Crippen LogP contribution in [0.5, 0.6) is 0 Å². The average Bonchev–Trinajstić information content (AvgIpc) is 3.24. The van der Waals surface area contributed by atoms with Crippen LogP contribution in [0.1, 0.15) is 0 Å². The molecule has 0 aliphatic rings. The van der Waals surface area contributed by atoms with Crippen LogP contribution in [-0.2, 0) is 9.47 Å². The smallest absolute Gasteiger partial charge is 0.411 e. The SMILES string of the molecule is COCCNc1ncc(-c2ccnc(Nc3ccc(N(CCOC)C(=O)O)cc3)n2)s1. The first-order chi connectivity index (χ1) is 15.1. The average molecular weight is 445 g/mol. The zero-order chi connectivity index (χ0) is 22.1. The van der Waals surface area contributed by atoms with Gasteiger partial charge in [0.25, 0.3) is 0 Å². The number of aromatic nitrogens is 3. The summed E-state index contributed by atoms with van der Waals surface area (Å²) in [5, 5.41) is 16.5. The van der Waals surface area contributed by atoms with Crippen LogP contribution in [0.25, 0.3) is 10.6 Å². The predicted octanol–water partition coefficient (Wildman–Crippen LogP) is 3.53. The summed E-state index contributed by atoms with van der Waals surface area (Å²) in [7, 11) is 3.19. The number of nitrogens with zero attached hydrogens (tertiary/aromatic N) is 4. The molecule has 10 nitrogen and oxygen atoms in total. The summed E-state index contributed by atoms with van der Waals surface area (Å²) < 4.78 is 10.00. The second kappa shape index (κ2) is 11.2. The summed E-state index contributed by atoms with van der Waals surface area (Å²) >= 11 is 1.50. The van der Waals surface area contributed by atoms with Crippen LogP contribution in [0.3, 0.4) is 0 Å². The number of anilines is 4. The Balaban J connectivity index is 1.67. The topological polar surface area (TPSA) is 122 Å². The largest absolute Gasteiger partial charge is 0.465 e. The molecular weight excluding hydrogens is 420 g/mol. The standard InChI is InChI=1S/C20H24N6O4S/c1-29-11-9-22-19-23-13-17(31-19)16-7-8-21-18(25-16)24-14-3-5-15(6-4-14)26(20(27)28)10-12-30-2/h3-8,13H,9-12H2,1-2H3,(H,22,23)(H,27,28)(H,21,24,25). The zero-order valence-electron chi connectivity index (χ0n) is 17.2. The number of rotatable bonds is 11. The van der Waals surface area contributed by atoms with E-state index in [9.17, 15) is 9.90 Å². The van der Waals surface area contributed by atoms with E-state index in [1.54, 1.807) is 43.8 Å². The first-order valence-electron chi connectivity index (χ1n) is 9.49. The van der Waals surface area contributed by atoms with E-state index >= 15 is 0 Å². The Morgan fingerprint density at radius 1 is 1.13 bits per heavy atom. The predicted molar refractivity (Wildman–Crippen MR) is 120 cm³/mol. The molecule has 3 rings (SSSR count). The molecule has 3 aromatic rings. The van der Waals surface area contributed by atoms with E-state index in [0.29, 0.717) is 31.4 Å². The number of benzene rings is 1. The third-order valence-corrected chi connectivity index (χ3v) is 5.16. The van der Waals surface area contributed by atoms with Crippen molar-refractivity contribution in [2.45, 2.75) is 0 Å². The highest BCUT2D eigenvalue weighted by Gasteiger charge is 2.14. The Morgan fingerprint density at radius 3 is 2.61 bits per heavy atom. The number of carbonyl (C=O) groups is 1. The fourth-order valence-corrected chi connectivity index (χ4v) is 3.47. The maximum Gasteiger partial charge on any atom is 0.411 e. The van der Waals surface area contributed by atoms with Gasteiger partial charge in [-0.2, -0.15) is 0 Å². The van der Waals surface area contributed by atoms with Gasteiger partial charge >= 0.3 is 6.09 Å². The van der Waals surface area contributed by atoms with Crippen molar-refractivity contribution < 1.29 is 19.4 Å². The molecule has 2 heterocycles. The lowest BCUT2D eigenvalue weighted by Gasteiger charge is -2.19. The monoisotopic (exact) mass is 444 g/mol. The summed E-state index contributed by atoms with van der Waals surface area (Å²) in [6.45, 7) is 1.85. The van der Waals surface area contributed by atoms with Crippen molar-refractivity contribution in [3.05, 3.63) is 42.7 Å². The molecule has 2 aromatic heterocycles. The van der Waals surface area contributed by atoms with Gasteiger partial charge in [-0.3, -0.25) is 4.90 Å². The van der Waals surface area contributed by atoms with Crippen LogP contribution in [0.4, 0.5) is 27.2 Å². The zero-order valence-corrected chi connectivity index (χ0v) is 18.1. The van der Waals surface area contributed by atoms with Gasteiger partial charge in [-0.15, -0.1) is 0 Å². The fourth-order valence-electron chi connectivity index (χ4n) is 2.66. The normalized spacial score (nSPS) is 10.6. The van der Waals surface area contributed by atoms with Gasteiger partial charge < -0.3 is 25.2 Å². The summed E-state index contributed by atoms with van der Waals surface area (Å²) in [5.74, 6) is 0.432. The van der Waals surface area contributed by atoms with E-state index in [-0.39, 0.29) is 6.54 Å². The van der Waals surface area contributed by atoms with Crippen molar-refractivity contribution >= 4 is 39.9 Å². The van der Waals surface area contributed by atoms with Crippen molar-refractivity contribution in [2.75, 3.05) is 56.1 Å². The Hall–Kier alpha value is -3.28. The molecule has 0 bridgehead atoms. The van der Waals surface area contributed by atoms with Crippen LogP contribution < -0.4 is 15.5 Å². The Labute approximate surface area is 183 Å². The molecule has 0 saturated heterocycles. The molecule has 1 aromatic carbocycles. The minimum absolute atomic E-state index is 0.251. The number of nitrogens with one attached hydrogen (secondary N) is 2. The van der Waals surface area contributed by atoms with E-state index in [0.717, 1.165) is 21.4 Å². The molecule has 11 heteroatoms. The number of methoxy groups -OCH3 is 2. The Bertz CT molecular complexity index is 982. The molecule has 0 atom stereocenters. The third kappa shape index (κ3) is 6.35. The summed E-state index contributed by atoms with van der Waals surface area (Å²) in [6.07, 6.45) is 2.41. The minimum atomic E-state index is -1.03. The second-order valence-corrected chi connectivity index (χ2v) is 7.34. The maximum atomic E-state index is 11.4. The molecule has 0 fully saturated rings. The highest BCUT2D eigenvalue weighted by atomic mass is 32.1. The van der Waals surface area contributed by atoms with Gasteiger partial charge in [-0.1, -0.05) is 11.3 Å². The summed E-state index contributed by atoms with van der Waals surface area (Å²) in [6, 6.07) is 8.81. The molecule has 0 aliphatic heterocycles. The highest BCUT2D eigenvalue weighted by molar-refractivity contribution is 7.18. The van der Waals surface area contributed by atoms with Crippen LogP contribution in [0.2, 0.25) is 0 Å². The molecular formula is C20H24N6O4S. The van der Waals surface area contributed by atoms with Gasteiger partial charge in [0.15, 0.2) is 5.13 Å². The van der Waals surface area contributed by atoms with Crippen molar-refractivity contribution in [1.82, 2.24) is 15.0 Å². The summed E-state index contributed by atoms with van der Waals surface area (Å²) in [5.41, 5.74) is 2.05. The van der Waals surface area contributed by atoms with Crippen LogP contribution >= 0.6 is 11.3 Å². The van der Waals surface area contributed by atoms with Crippen molar-refractivity contribution in [3.8, 4) is 10.6 Å². The van der Waals surface area contributed by atoms with E-state index in [1.807, 2.05) is 6.07 Å². The number of hydrogen-bond donors (Lipinski definition) is 3. The molecule has 164 valence electrons. The fraction of sp³-hybridized carbons (Fsp3) is 0.300. The van der Waals surface area contributed by atoms with Gasteiger partial charge in [-0.05, 0) is 30.3 Å². The molecule has 0 radical (unpaired) electrons. The molecule has 3 N–H and O–H groups in total. The van der Waals surface area contributed by atoms with Gasteiger partial charge in [0, 0.05) is 44.5 Å². The Morgan fingerprint density at radius 2 is 1.90 bits per heavy atom. The van der Waals surface area contributed by atoms with Crippen molar-refractivity contribution in [1.29, 1.82) is 0 Å². The lowest BCUT2D eigenvalue weighted by molar-refractivity contribution is 0.186. The van der Waals surface area contributed by atoms with E-state index in [4.69, 9.17) is 9.47 Å². The Kier molecular flexibility index (Phi) is 8.10. The van der Waals surface area contributed by atoms with E-state index in [1.165, 1.54) is 23.3 Å². The number of amides is 1. The first-order valence-corrected chi connectivity index (χ1v) is 10.3. The van der Waals surface area contributed by atoms with Gasteiger partial charge in [-0.25, -0.2) is 19.7 Å². The highest BCUT2D eigenvalue weighted by Crippen LogP contribution is 2.28. The molecule has 0 saturated carbocycles. The lowest BCUT2D eigenvalue weighted by atomic mass is 10.2. The van der Waals surface area contributed by atoms with Gasteiger partial charge in [0.05, 0.1) is 30.3 Å². The molecule has 0 aliphatic carbocycles. The molecule has 31 heavy (non-hydrogen) atoms. The van der Waals surface area contributed by atoms with Crippen LogP contribution in [-0.4, -0.2) is 66.7 Å².